The molecule has 1 aromatic rings. The van der Waals surface area contributed by atoms with Crippen molar-refractivity contribution >= 4 is 5.82 Å². The Bertz CT molecular complexity index is 354. The second-order valence-electron chi connectivity index (χ2n) is 4.90. The molecule has 90 valence electrons. The van der Waals surface area contributed by atoms with Crippen molar-refractivity contribution in [1.82, 2.24) is 9.78 Å². The molecular formula is C13H23N3. The van der Waals surface area contributed by atoms with Crippen molar-refractivity contribution in [2.75, 3.05) is 5.73 Å². The number of rotatable bonds is 4. The first kappa shape index (κ1) is 11.5. The van der Waals surface area contributed by atoms with Crippen LogP contribution >= 0.6 is 0 Å². The maximum Gasteiger partial charge on any atom is 0.125 e. The number of fused-ring (bicyclic) bond motifs is 1. The van der Waals surface area contributed by atoms with Gasteiger partial charge < -0.3 is 5.73 Å². The molecule has 0 bridgehead atoms. The minimum atomic E-state index is 0.818. The van der Waals surface area contributed by atoms with E-state index in [-0.39, 0.29) is 0 Å². The second kappa shape index (κ2) is 4.89. The van der Waals surface area contributed by atoms with Gasteiger partial charge in [-0.1, -0.05) is 26.7 Å². The molecule has 2 rings (SSSR count). The number of hydrogen-bond donors (Lipinski definition) is 1. The summed E-state index contributed by atoms with van der Waals surface area (Å²) in [7, 11) is 0. The summed E-state index contributed by atoms with van der Waals surface area (Å²) in [5, 5.41) is 4.65. The van der Waals surface area contributed by atoms with Crippen molar-refractivity contribution in [2.24, 2.45) is 5.92 Å². The van der Waals surface area contributed by atoms with Crippen molar-refractivity contribution in [3.05, 3.63) is 11.3 Å². The maximum atomic E-state index is 6.18. The Morgan fingerprint density at radius 2 is 2.25 bits per heavy atom. The van der Waals surface area contributed by atoms with E-state index in [1.165, 1.54) is 36.9 Å². The van der Waals surface area contributed by atoms with Crippen molar-refractivity contribution in [2.45, 2.75) is 58.9 Å². The zero-order valence-electron chi connectivity index (χ0n) is 10.5. The lowest BCUT2D eigenvalue weighted by Crippen LogP contribution is -2.13. The van der Waals surface area contributed by atoms with Crippen molar-refractivity contribution in [3.63, 3.8) is 0 Å². The Kier molecular flexibility index (Phi) is 3.52. The molecule has 0 fully saturated rings. The van der Waals surface area contributed by atoms with Crippen LogP contribution in [0.15, 0.2) is 0 Å². The van der Waals surface area contributed by atoms with E-state index in [0.717, 1.165) is 31.1 Å². The lowest BCUT2D eigenvalue weighted by Gasteiger charge is -2.19. The molecule has 0 aliphatic heterocycles. The van der Waals surface area contributed by atoms with Gasteiger partial charge in [0.2, 0.25) is 0 Å². The van der Waals surface area contributed by atoms with Crippen LogP contribution in [-0.4, -0.2) is 9.78 Å². The van der Waals surface area contributed by atoms with E-state index < -0.39 is 0 Å². The van der Waals surface area contributed by atoms with Crippen LogP contribution in [0.1, 0.15) is 50.8 Å². The van der Waals surface area contributed by atoms with E-state index in [4.69, 9.17) is 5.73 Å². The van der Waals surface area contributed by atoms with Crippen molar-refractivity contribution in [3.8, 4) is 0 Å². The van der Waals surface area contributed by atoms with Gasteiger partial charge in [-0.3, -0.25) is 0 Å². The minimum absolute atomic E-state index is 0.818. The van der Waals surface area contributed by atoms with Crippen LogP contribution in [0.25, 0.3) is 0 Å². The molecule has 1 unspecified atom stereocenters. The first-order valence-electron chi connectivity index (χ1n) is 6.60. The van der Waals surface area contributed by atoms with Gasteiger partial charge in [0.15, 0.2) is 0 Å². The number of anilines is 1. The van der Waals surface area contributed by atoms with Gasteiger partial charge in [0.25, 0.3) is 0 Å². The van der Waals surface area contributed by atoms with E-state index in [9.17, 15) is 0 Å². The molecule has 3 heteroatoms. The van der Waals surface area contributed by atoms with E-state index in [0.29, 0.717) is 0 Å². The van der Waals surface area contributed by atoms with Gasteiger partial charge in [0.1, 0.15) is 5.82 Å². The molecule has 1 atom stereocenters. The van der Waals surface area contributed by atoms with E-state index in [2.05, 4.69) is 18.9 Å². The van der Waals surface area contributed by atoms with E-state index in [1.807, 2.05) is 4.68 Å². The molecule has 0 aromatic carbocycles. The topological polar surface area (TPSA) is 43.8 Å². The van der Waals surface area contributed by atoms with Gasteiger partial charge in [0.05, 0.1) is 5.69 Å². The summed E-state index contributed by atoms with van der Waals surface area (Å²) in [6, 6.07) is 0. The first-order valence-corrected chi connectivity index (χ1v) is 6.60. The Morgan fingerprint density at radius 1 is 1.44 bits per heavy atom. The zero-order chi connectivity index (χ0) is 11.5. The number of nitrogens with two attached hydrogens (primary N) is 1. The van der Waals surface area contributed by atoms with Crippen LogP contribution in [0.3, 0.4) is 0 Å². The largest absolute Gasteiger partial charge is 0.384 e. The average Bonchev–Trinajstić information content (AvgIpc) is 2.63. The van der Waals surface area contributed by atoms with Crippen LogP contribution in [0.4, 0.5) is 5.82 Å². The lowest BCUT2D eigenvalue weighted by atomic mass is 9.86. The fourth-order valence-corrected chi connectivity index (χ4v) is 2.55. The lowest BCUT2D eigenvalue weighted by molar-refractivity contribution is 0.442. The Morgan fingerprint density at radius 3 is 2.94 bits per heavy atom. The summed E-state index contributed by atoms with van der Waals surface area (Å²) in [6.45, 7) is 5.45. The molecule has 16 heavy (non-hydrogen) atoms. The molecule has 0 saturated carbocycles. The normalized spacial score (nSPS) is 19.8. The van der Waals surface area contributed by atoms with Crippen LogP contribution in [0.5, 0.6) is 0 Å². The Labute approximate surface area is 98.0 Å². The summed E-state index contributed by atoms with van der Waals surface area (Å²) < 4.78 is 2.02. The molecule has 0 amide bonds. The summed E-state index contributed by atoms with van der Waals surface area (Å²) in [6.07, 6.45) is 7.18. The minimum Gasteiger partial charge on any atom is -0.384 e. The third-order valence-corrected chi connectivity index (χ3v) is 3.76. The highest BCUT2D eigenvalue weighted by molar-refractivity contribution is 5.45. The molecule has 1 aliphatic carbocycles. The van der Waals surface area contributed by atoms with Crippen LogP contribution in [0.2, 0.25) is 0 Å². The molecule has 0 radical (unpaired) electrons. The Hall–Kier alpha value is -0.990. The maximum absolute atomic E-state index is 6.18. The molecule has 1 heterocycles. The van der Waals surface area contributed by atoms with Crippen LogP contribution in [0, 0.1) is 5.92 Å². The van der Waals surface area contributed by atoms with Gasteiger partial charge in [0, 0.05) is 12.1 Å². The quantitative estimate of drug-likeness (QED) is 0.849. The number of aryl methyl sites for hydroxylation is 2. The Balaban J connectivity index is 2.17. The van der Waals surface area contributed by atoms with Gasteiger partial charge in [-0.2, -0.15) is 5.10 Å². The summed E-state index contributed by atoms with van der Waals surface area (Å²) >= 11 is 0. The highest BCUT2D eigenvalue weighted by Crippen LogP contribution is 2.30. The summed E-state index contributed by atoms with van der Waals surface area (Å²) in [5.41, 5.74) is 8.79. The van der Waals surface area contributed by atoms with Gasteiger partial charge in [-0.15, -0.1) is 0 Å². The van der Waals surface area contributed by atoms with Crippen molar-refractivity contribution < 1.29 is 0 Å². The van der Waals surface area contributed by atoms with E-state index in [1.54, 1.807) is 0 Å². The molecule has 2 N–H and O–H groups in total. The fourth-order valence-electron chi connectivity index (χ4n) is 2.55. The summed E-state index contributed by atoms with van der Waals surface area (Å²) in [5.74, 6) is 1.75. The smallest absolute Gasteiger partial charge is 0.125 e. The number of aromatic nitrogens is 2. The van der Waals surface area contributed by atoms with Gasteiger partial charge in [-0.25, -0.2) is 4.68 Å². The predicted molar refractivity (Wildman–Crippen MR) is 67.4 cm³/mol. The fraction of sp³-hybridized carbons (Fsp3) is 0.769. The zero-order valence-corrected chi connectivity index (χ0v) is 10.5. The number of hydrogen-bond acceptors (Lipinski definition) is 2. The second-order valence-corrected chi connectivity index (χ2v) is 4.90. The molecular weight excluding hydrogens is 198 g/mol. The third kappa shape index (κ3) is 2.08. The summed E-state index contributed by atoms with van der Waals surface area (Å²) in [4.78, 5) is 0. The highest BCUT2D eigenvalue weighted by Gasteiger charge is 2.23. The molecule has 1 aromatic heterocycles. The number of nitrogens with zero attached hydrogens (tertiary/aromatic N) is 2. The standard InChI is InChI=1S/C13H23N3/c1-3-5-8-16-13(14)11-9-10(4-2)6-7-12(11)15-16/h10H,3-9,14H2,1-2H3. The average molecular weight is 221 g/mol. The highest BCUT2D eigenvalue weighted by atomic mass is 15.3. The monoisotopic (exact) mass is 221 g/mol. The van der Waals surface area contributed by atoms with Gasteiger partial charge >= 0.3 is 0 Å². The van der Waals surface area contributed by atoms with Crippen molar-refractivity contribution in [1.29, 1.82) is 0 Å². The molecule has 0 spiro atoms. The first-order chi connectivity index (χ1) is 7.76. The van der Waals surface area contributed by atoms with Crippen LogP contribution < -0.4 is 5.73 Å². The van der Waals surface area contributed by atoms with E-state index >= 15 is 0 Å². The molecule has 3 nitrogen and oxygen atoms in total. The third-order valence-electron chi connectivity index (χ3n) is 3.76. The van der Waals surface area contributed by atoms with Gasteiger partial charge in [-0.05, 0) is 31.6 Å². The predicted octanol–water partition coefficient (Wildman–Crippen LogP) is 2.78. The number of nitrogen functional groups attached to an aromatic ring is 1. The van der Waals surface area contributed by atoms with Crippen LogP contribution in [-0.2, 0) is 19.4 Å². The number of unbranched alkanes of at least 4 members (excludes halogenated alkanes) is 1. The molecule has 0 saturated heterocycles. The SMILES string of the molecule is CCCCn1nc2c(c1N)CC(CC)CC2. The molecule has 1 aliphatic rings.